The molecule has 0 saturated carbocycles. The molecule has 1 aromatic rings. The first kappa shape index (κ1) is 10.9. The summed E-state index contributed by atoms with van der Waals surface area (Å²) in [6.07, 6.45) is 1.72. The number of halogens is 1. The van der Waals surface area contributed by atoms with E-state index in [2.05, 4.69) is 34.8 Å². The molecule has 1 aromatic heterocycles. The summed E-state index contributed by atoms with van der Waals surface area (Å²) in [5.41, 5.74) is 3.12. The number of aromatic amines is 1. The van der Waals surface area contributed by atoms with Gasteiger partial charge >= 0.3 is 0 Å². The number of carbonyl (C=O) groups excluding carboxylic acids is 1. The Hall–Kier alpha value is -0.570. The minimum absolute atomic E-state index is 0.300. The zero-order chi connectivity index (χ0) is 11.2. The van der Waals surface area contributed by atoms with Crippen LogP contribution in [0.5, 0.6) is 0 Å². The number of fused-ring (bicyclic) bond motifs is 1. The van der Waals surface area contributed by atoms with Gasteiger partial charge in [-0.15, -0.1) is 0 Å². The van der Waals surface area contributed by atoms with Crippen molar-refractivity contribution in [1.82, 2.24) is 4.98 Å². The Labute approximate surface area is 98.6 Å². The Morgan fingerprint density at radius 3 is 2.67 bits per heavy atom. The molecule has 1 atom stereocenters. The fourth-order valence-corrected chi connectivity index (χ4v) is 3.01. The number of H-pyrrole nitrogens is 1. The predicted molar refractivity (Wildman–Crippen MR) is 64.2 cm³/mol. The molecule has 0 aromatic carbocycles. The highest BCUT2D eigenvalue weighted by atomic mass is 79.9. The van der Waals surface area contributed by atoms with Crippen molar-refractivity contribution >= 4 is 21.7 Å². The second kappa shape index (κ2) is 3.78. The molecule has 1 N–H and O–H groups in total. The van der Waals surface area contributed by atoms with E-state index < -0.39 is 0 Å². The number of Topliss-reactive ketones (excluding diaryl/α,β-unsaturated/α-hetero) is 1. The third-order valence-corrected chi connectivity index (χ3v) is 4.05. The van der Waals surface area contributed by atoms with Gasteiger partial charge in [-0.3, -0.25) is 4.79 Å². The highest BCUT2D eigenvalue weighted by molar-refractivity contribution is 9.10. The number of rotatable bonds is 1. The molecule has 1 aliphatic rings. The summed E-state index contributed by atoms with van der Waals surface area (Å²) >= 11 is 3.50. The normalized spacial score (nSPS) is 20.9. The second-order valence-corrected chi connectivity index (χ2v) is 5.55. The van der Waals surface area contributed by atoms with Crippen LogP contribution in [-0.2, 0) is 6.42 Å². The predicted octanol–water partition coefficient (Wildman–Crippen LogP) is 3.49. The zero-order valence-electron chi connectivity index (χ0n) is 9.36. The molecule has 3 heteroatoms. The van der Waals surface area contributed by atoms with Crippen molar-refractivity contribution in [3.63, 3.8) is 0 Å². The van der Waals surface area contributed by atoms with Gasteiger partial charge in [-0.25, -0.2) is 0 Å². The summed E-state index contributed by atoms with van der Waals surface area (Å²) in [5, 5.41) is 0. The standard InChI is InChI=1S/C12H16BrNO/c1-6(2)8-4-9-11(10(15)5-8)7(3)14-12(9)13/h6,8,14H,4-5H2,1-3H3. The quantitative estimate of drug-likeness (QED) is 0.832. The van der Waals surface area contributed by atoms with E-state index in [0.717, 1.165) is 22.3 Å². The van der Waals surface area contributed by atoms with Crippen LogP contribution < -0.4 is 0 Å². The molecule has 0 aliphatic heterocycles. The number of ketones is 1. The molecule has 15 heavy (non-hydrogen) atoms. The van der Waals surface area contributed by atoms with E-state index in [1.54, 1.807) is 0 Å². The number of nitrogens with one attached hydrogen (secondary N) is 1. The van der Waals surface area contributed by atoms with Gasteiger partial charge in [0.1, 0.15) is 0 Å². The second-order valence-electron chi connectivity index (χ2n) is 4.75. The highest BCUT2D eigenvalue weighted by Gasteiger charge is 2.30. The molecule has 0 saturated heterocycles. The van der Waals surface area contributed by atoms with Crippen molar-refractivity contribution in [2.24, 2.45) is 11.8 Å². The van der Waals surface area contributed by atoms with Crippen LogP contribution in [0, 0.1) is 18.8 Å². The first-order valence-electron chi connectivity index (χ1n) is 5.40. The average molecular weight is 270 g/mol. The van der Waals surface area contributed by atoms with E-state index >= 15 is 0 Å². The summed E-state index contributed by atoms with van der Waals surface area (Å²) in [7, 11) is 0. The molecule has 0 bridgehead atoms. The lowest BCUT2D eigenvalue weighted by atomic mass is 9.78. The summed E-state index contributed by atoms with van der Waals surface area (Å²) in [4.78, 5) is 15.2. The first-order valence-corrected chi connectivity index (χ1v) is 6.20. The molecule has 1 aliphatic carbocycles. The lowest BCUT2D eigenvalue weighted by molar-refractivity contribution is 0.0933. The summed E-state index contributed by atoms with van der Waals surface area (Å²) in [6.45, 7) is 6.35. The minimum Gasteiger partial charge on any atom is -0.353 e. The van der Waals surface area contributed by atoms with E-state index in [0.29, 0.717) is 24.0 Å². The summed E-state index contributed by atoms with van der Waals surface area (Å²) in [5.74, 6) is 1.37. The maximum Gasteiger partial charge on any atom is 0.165 e. The summed E-state index contributed by atoms with van der Waals surface area (Å²) < 4.78 is 0.994. The molecular weight excluding hydrogens is 254 g/mol. The van der Waals surface area contributed by atoms with Crippen LogP contribution in [0.25, 0.3) is 0 Å². The van der Waals surface area contributed by atoms with E-state index in [-0.39, 0.29) is 0 Å². The molecular formula is C12H16BrNO. The number of hydrogen-bond donors (Lipinski definition) is 1. The number of carbonyl (C=O) groups is 1. The summed E-state index contributed by atoms with van der Waals surface area (Å²) in [6, 6.07) is 0. The van der Waals surface area contributed by atoms with Crippen LogP contribution in [0.4, 0.5) is 0 Å². The Morgan fingerprint density at radius 2 is 2.07 bits per heavy atom. The van der Waals surface area contributed by atoms with Gasteiger partial charge in [0.2, 0.25) is 0 Å². The number of aromatic nitrogens is 1. The molecule has 1 heterocycles. The lowest BCUT2D eigenvalue weighted by Crippen LogP contribution is -2.23. The van der Waals surface area contributed by atoms with Crippen LogP contribution >= 0.6 is 15.9 Å². The van der Waals surface area contributed by atoms with Crippen molar-refractivity contribution in [2.75, 3.05) is 0 Å². The Morgan fingerprint density at radius 1 is 1.40 bits per heavy atom. The molecule has 82 valence electrons. The van der Waals surface area contributed by atoms with Crippen molar-refractivity contribution in [3.05, 3.63) is 21.4 Å². The molecule has 0 amide bonds. The lowest BCUT2D eigenvalue weighted by Gasteiger charge is -2.25. The van der Waals surface area contributed by atoms with Gasteiger partial charge in [-0.2, -0.15) is 0 Å². The Balaban J connectivity index is 2.43. The fraction of sp³-hybridized carbons (Fsp3) is 0.583. The third kappa shape index (κ3) is 1.78. The maximum atomic E-state index is 12.0. The van der Waals surface area contributed by atoms with Gasteiger partial charge in [0.15, 0.2) is 5.78 Å². The SMILES string of the molecule is Cc1[nH]c(Br)c2c1C(=O)CC(C(C)C)C2. The molecule has 0 spiro atoms. The van der Waals surface area contributed by atoms with Gasteiger partial charge < -0.3 is 4.98 Å². The van der Waals surface area contributed by atoms with E-state index in [1.165, 1.54) is 5.56 Å². The Bertz CT molecular complexity index is 406. The third-order valence-electron chi connectivity index (χ3n) is 3.37. The topological polar surface area (TPSA) is 32.9 Å². The number of hydrogen-bond acceptors (Lipinski definition) is 1. The first-order chi connectivity index (χ1) is 7.00. The monoisotopic (exact) mass is 269 g/mol. The van der Waals surface area contributed by atoms with E-state index in [4.69, 9.17) is 0 Å². The smallest absolute Gasteiger partial charge is 0.165 e. The van der Waals surface area contributed by atoms with Gasteiger partial charge in [0.05, 0.1) is 4.60 Å². The fourth-order valence-electron chi connectivity index (χ4n) is 2.35. The molecule has 2 rings (SSSR count). The van der Waals surface area contributed by atoms with Crippen LogP contribution in [0.3, 0.4) is 0 Å². The van der Waals surface area contributed by atoms with Gasteiger partial charge in [0, 0.05) is 17.7 Å². The molecule has 1 unspecified atom stereocenters. The van der Waals surface area contributed by atoms with Crippen LogP contribution in [0.1, 0.15) is 41.9 Å². The van der Waals surface area contributed by atoms with Crippen LogP contribution in [0.2, 0.25) is 0 Å². The molecule has 0 fully saturated rings. The maximum absolute atomic E-state index is 12.0. The van der Waals surface area contributed by atoms with Crippen LogP contribution in [0.15, 0.2) is 4.60 Å². The van der Waals surface area contributed by atoms with Crippen molar-refractivity contribution in [1.29, 1.82) is 0 Å². The molecule has 0 radical (unpaired) electrons. The minimum atomic E-state index is 0.300. The van der Waals surface area contributed by atoms with Gasteiger partial charge in [-0.1, -0.05) is 13.8 Å². The van der Waals surface area contributed by atoms with E-state index in [1.807, 2.05) is 6.92 Å². The average Bonchev–Trinajstić information content (AvgIpc) is 2.42. The van der Waals surface area contributed by atoms with Crippen molar-refractivity contribution in [2.45, 2.75) is 33.6 Å². The largest absolute Gasteiger partial charge is 0.353 e. The van der Waals surface area contributed by atoms with Gasteiger partial charge in [-0.05, 0) is 46.7 Å². The highest BCUT2D eigenvalue weighted by Crippen LogP contribution is 2.35. The molecule has 2 nitrogen and oxygen atoms in total. The van der Waals surface area contributed by atoms with E-state index in [9.17, 15) is 4.79 Å². The number of aryl methyl sites for hydroxylation is 1. The zero-order valence-corrected chi connectivity index (χ0v) is 10.9. The Kier molecular flexibility index (Phi) is 2.75. The van der Waals surface area contributed by atoms with Crippen molar-refractivity contribution < 1.29 is 4.79 Å². The van der Waals surface area contributed by atoms with Crippen molar-refractivity contribution in [3.8, 4) is 0 Å². The van der Waals surface area contributed by atoms with Gasteiger partial charge in [0.25, 0.3) is 0 Å². The van der Waals surface area contributed by atoms with Crippen LogP contribution in [-0.4, -0.2) is 10.8 Å².